The van der Waals surface area contributed by atoms with Crippen LogP contribution in [0.4, 0.5) is 13.2 Å². The molecule has 0 spiro atoms. The number of fused-ring (bicyclic) bond motifs is 1. The van der Waals surface area contributed by atoms with Crippen molar-refractivity contribution < 1.29 is 32.2 Å². The van der Waals surface area contributed by atoms with E-state index in [1.807, 2.05) is 6.92 Å². The lowest BCUT2D eigenvalue weighted by Crippen LogP contribution is -2.03. The number of hydrogen-bond acceptors (Lipinski definition) is 6. The molecular formula is C22H17F3N2O4S. The third-order valence-electron chi connectivity index (χ3n) is 4.68. The first-order valence-corrected chi connectivity index (χ1v) is 10.4. The average Bonchev–Trinajstić information content (AvgIpc) is 3.32. The monoisotopic (exact) mass is 462 g/mol. The molecule has 0 bridgehead atoms. The topological polar surface area (TPSA) is 85.5 Å². The van der Waals surface area contributed by atoms with Gasteiger partial charge >= 0.3 is 12.1 Å². The Balaban J connectivity index is 1.45. The van der Waals surface area contributed by atoms with Crippen LogP contribution in [0.1, 0.15) is 28.4 Å². The number of ether oxygens (including phenoxy) is 1. The van der Waals surface area contributed by atoms with Gasteiger partial charge in [0.15, 0.2) is 11.5 Å². The number of hydrogen-bond donors (Lipinski definition) is 1. The van der Waals surface area contributed by atoms with Gasteiger partial charge in [-0.3, -0.25) is 4.79 Å². The van der Waals surface area contributed by atoms with Crippen molar-refractivity contribution in [2.24, 2.45) is 0 Å². The van der Waals surface area contributed by atoms with Crippen molar-refractivity contribution in [3.8, 4) is 16.3 Å². The van der Waals surface area contributed by atoms with Crippen molar-refractivity contribution in [1.82, 2.24) is 9.97 Å². The number of rotatable bonds is 7. The van der Waals surface area contributed by atoms with Gasteiger partial charge in [-0.25, -0.2) is 9.97 Å². The molecule has 2 heterocycles. The first-order valence-electron chi connectivity index (χ1n) is 9.57. The number of aryl methyl sites for hydroxylation is 2. The van der Waals surface area contributed by atoms with Crippen molar-refractivity contribution in [3.05, 3.63) is 64.5 Å². The molecule has 0 amide bonds. The van der Waals surface area contributed by atoms with E-state index >= 15 is 0 Å². The first-order chi connectivity index (χ1) is 15.2. The molecule has 0 fully saturated rings. The van der Waals surface area contributed by atoms with Gasteiger partial charge in [-0.15, -0.1) is 11.3 Å². The lowest BCUT2D eigenvalue weighted by Gasteiger charge is -2.06. The molecule has 2 aromatic heterocycles. The van der Waals surface area contributed by atoms with Gasteiger partial charge in [0.2, 0.25) is 0 Å². The Morgan fingerprint density at radius 2 is 1.91 bits per heavy atom. The van der Waals surface area contributed by atoms with Crippen LogP contribution in [0.2, 0.25) is 0 Å². The van der Waals surface area contributed by atoms with E-state index in [2.05, 4.69) is 9.97 Å². The molecule has 0 radical (unpaired) electrons. The summed E-state index contributed by atoms with van der Waals surface area (Å²) in [6.07, 6.45) is -4.24. The highest BCUT2D eigenvalue weighted by Crippen LogP contribution is 2.33. The van der Waals surface area contributed by atoms with Crippen LogP contribution in [0.3, 0.4) is 0 Å². The number of aromatic nitrogens is 2. The fraction of sp³-hybridized carbons (Fsp3) is 0.227. The summed E-state index contributed by atoms with van der Waals surface area (Å²) in [5, 5.41) is 9.39. The van der Waals surface area contributed by atoms with Crippen LogP contribution in [0, 0.1) is 6.92 Å². The second-order valence-electron chi connectivity index (χ2n) is 7.02. The van der Waals surface area contributed by atoms with E-state index in [1.165, 1.54) is 23.5 Å². The van der Waals surface area contributed by atoms with Gasteiger partial charge in [0.05, 0.1) is 22.6 Å². The van der Waals surface area contributed by atoms with Crippen molar-refractivity contribution in [3.63, 3.8) is 0 Å². The van der Waals surface area contributed by atoms with E-state index in [4.69, 9.17) is 14.3 Å². The Kier molecular flexibility index (Phi) is 5.88. The molecule has 0 aliphatic carbocycles. The Hall–Kier alpha value is -3.40. The summed E-state index contributed by atoms with van der Waals surface area (Å²) in [4.78, 5) is 20.3. The summed E-state index contributed by atoms with van der Waals surface area (Å²) in [5.74, 6) is -0.0341. The molecule has 0 atom stereocenters. The molecule has 2 aromatic carbocycles. The predicted octanol–water partition coefficient (Wildman–Crippen LogP) is 5.87. The highest BCUT2D eigenvalue weighted by Gasteiger charge is 2.30. The first kappa shape index (κ1) is 21.8. The van der Waals surface area contributed by atoms with Crippen molar-refractivity contribution in [2.75, 3.05) is 0 Å². The molecule has 0 aliphatic heterocycles. The summed E-state index contributed by atoms with van der Waals surface area (Å²) in [7, 11) is 0. The molecule has 0 aliphatic rings. The van der Waals surface area contributed by atoms with Crippen LogP contribution in [-0.4, -0.2) is 21.0 Å². The zero-order valence-corrected chi connectivity index (χ0v) is 17.6. The number of nitrogens with zero attached hydrogens (tertiary/aromatic N) is 2. The number of thiazole rings is 1. The molecule has 4 aromatic rings. The number of aliphatic carboxylic acids is 1. The standard InChI is InChI=1S/C22H17F3N2O4S/c1-12-18(32-21(26-12)13-2-4-14(5-3-13)22(23,24)25)11-30-15-6-7-16-17(10-15)31-19(27-16)8-9-20(28)29/h2-7,10H,8-9,11H2,1H3,(H,28,29). The lowest BCUT2D eigenvalue weighted by atomic mass is 10.1. The number of halogens is 3. The number of carbonyl (C=O) groups is 1. The summed E-state index contributed by atoms with van der Waals surface area (Å²) >= 11 is 1.35. The van der Waals surface area contributed by atoms with Crippen LogP contribution < -0.4 is 4.74 Å². The summed E-state index contributed by atoms with van der Waals surface area (Å²) in [6.45, 7) is 2.05. The number of benzene rings is 2. The Morgan fingerprint density at radius 3 is 2.59 bits per heavy atom. The molecule has 1 N–H and O–H groups in total. The second kappa shape index (κ2) is 8.62. The molecule has 6 nitrogen and oxygen atoms in total. The number of carboxylic acid groups (broad SMARTS) is 1. The maximum atomic E-state index is 12.8. The minimum absolute atomic E-state index is 0.0674. The maximum Gasteiger partial charge on any atom is 0.416 e. The molecule has 166 valence electrons. The molecular weight excluding hydrogens is 445 g/mol. The van der Waals surface area contributed by atoms with Gasteiger partial charge in [-0.2, -0.15) is 13.2 Å². The zero-order chi connectivity index (χ0) is 22.9. The Morgan fingerprint density at radius 1 is 1.16 bits per heavy atom. The number of carboxylic acids is 1. The van der Waals surface area contributed by atoms with E-state index in [9.17, 15) is 18.0 Å². The maximum absolute atomic E-state index is 12.8. The Labute approximate surface area is 184 Å². The smallest absolute Gasteiger partial charge is 0.416 e. The van der Waals surface area contributed by atoms with Gasteiger partial charge < -0.3 is 14.3 Å². The summed E-state index contributed by atoms with van der Waals surface area (Å²) in [6, 6.07) is 10.0. The third-order valence-corrected chi connectivity index (χ3v) is 5.86. The molecule has 10 heteroatoms. The highest BCUT2D eigenvalue weighted by atomic mass is 32.1. The number of oxazole rings is 1. The molecule has 0 saturated carbocycles. The predicted molar refractivity (Wildman–Crippen MR) is 112 cm³/mol. The largest absolute Gasteiger partial charge is 0.488 e. The minimum atomic E-state index is -4.38. The third kappa shape index (κ3) is 4.91. The molecule has 32 heavy (non-hydrogen) atoms. The van der Waals surface area contributed by atoms with Gasteiger partial charge in [0, 0.05) is 18.1 Å². The fourth-order valence-corrected chi connectivity index (χ4v) is 3.98. The van der Waals surface area contributed by atoms with Crippen LogP contribution in [0.25, 0.3) is 21.7 Å². The summed E-state index contributed by atoms with van der Waals surface area (Å²) < 4.78 is 49.7. The highest BCUT2D eigenvalue weighted by molar-refractivity contribution is 7.15. The SMILES string of the molecule is Cc1nc(-c2ccc(C(F)(F)F)cc2)sc1COc1ccc2nc(CCC(=O)O)oc2c1. The fourth-order valence-electron chi connectivity index (χ4n) is 3.00. The van der Waals surface area contributed by atoms with Gasteiger partial charge in [0.25, 0.3) is 0 Å². The zero-order valence-electron chi connectivity index (χ0n) is 16.8. The Bertz CT molecular complexity index is 1260. The van der Waals surface area contributed by atoms with E-state index in [0.717, 1.165) is 22.7 Å². The van der Waals surface area contributed by atoms with Crippen molar-refractivity contribution >= 4 is 28.4 Å². The van der Waals surface area contributed by atoms with Crippen molar-refractivity contribution in [1.29, 1.82) is 0 Å². The second-order valence-corrected chi connectivity index (χ2v) is 8.11. The van der Waals surface area contributed by atoms with Gasteiger partial charge in [0.1, 0.15) is 22.9 Å². The van der Waals surface area contributed by atoms with Crippen molar-refractivity contribution in [2.45, 2.75) is 32.5 Å². The van der Waals surface area contributed by atoms with E-state index < -0.39 is 17.7 Å². The molecule has 4 rings (SSSR count). The van der Waals surface area contributed by atoms with Gasteiger partial charge in [-0.1, -0.05) is 12.1 Å². The van der Waals surface area contributed by atoms with Crippen LogP contribution >= 0.6 is 11.3 Å². The molecule has 0 unspecified atom stereocenters. The van der Waals surface area contributed by atoms with E-state index in [1.54, 1.807) is 18.2 Å². The quantitative estimate of drug-likeness (QED) is 0.369. The van der Waals surface area contributed by atoms with Crippen LogP contribution in [0.15, 0.2) is 46.9 Å². The van der Waals surface area contributed by atoms with E-state index in [0.29, 0.717) is 33.3 Å². The summed E-state index contributed by atoms with van der Waals surface area (Å²) in [5.41, 5.74) is 1.74. The minimum Gasteiger partial charge on any atom is -0.488 e. The molecule has 0 saturated heterocycles. The van der Waals surface area contributed by atoms with Crippen LogP contribution in [0.5, 0.6) is 5.75 Å². The lowest BCUT2D eigenvalue weighted by molar-refractivity contribution is -0.138. The van der Waals surface area contributed by atoms with Gasteiger partial charge in [-0.05, 0) is 31.2 Å². The van der Waals surface area contributed by atoms with E-state index in [-0.39, 0.29) is 19.4 Å². The average molecular weight is 462 g/mol. The normalized spacial score (nSPS) is 11.8. The number of alkyl halides is 3. The van der Waals surface area contributed by atoms with Crippen LogP contribution in [-0.2, 0) is 24.0 Å².